The number of piperidine rings is 1. The van der Waals surface area contributed by atoms with Crippen LogP contribution < -0.4 is 20.1 Å². The lowest BCUT2D eigenvalue weighted by atomic mass is 9.87. The number of ether oxygens (including phenoxy) is 2. The van der Waals surface area contributed by atoms with Crippen molar-refractivity contribution in [2.24, 2.45) is 5.16 Å². The van der Waals surface area contributed by atoms with E-state index in [0.29, 0.717) is 35.3 Å². The van der Waals surface area contributed by atoms with E-state index in [-0.39, 0.29) is 5.91 Å². The summed E-state index contributed by atoms with van der Waals surface area (Å²) in [5, 5.41) is 11.1. The van der Waals surface area contributed by atoms with Crippen LogP contribution in [0, 0.1) is 0 Å². The van der Waals surface area contributed by atoms with Crippen molar-refractivity contribution >= 4 is 46.4 Å². The van der Waals surface area contributed by atoms with Gasteiger partial charge in [-0.15, -0.1) is 11.8 Å². The van der Waals surface area contributed by atoms with Gasteiger partial charge in [-0.05, 0) is 48.3 Å². The lowest BCUT2D eigenvalue weighted by Gasteiger charge is -2.38. The molecule has 0 atom stereocenters. The number of oxime groups is 1. The Hall–Kier alpha value is -2.98. The number of carbonyl (C=O) groups is 1. The topological polar surface area (TPSA) is 84.4 Å². The van der Waals surface area contributed by atoms with E-state index in [0.717, 1.165) is 42.1 Å². The Labute approximate surface area is 215 Å². The van der Waals surface area contributed by atoms with E-state index < -0.39 is 5.60 Å². The van der Waals surface area contributed by atoms with Gasteiger partial charge in [0, 0.05) is 43.8 Å². The number of nitrogens with one attached hydrogen (secondary N) is 2. The van der Waals surface area contributed by atoms with Gasteiger partial charge in [0.2, 0.25) is 0 Å². The fraction of sp³-hybridized carbons (Fsp3) is 0.400. The smallest absolute Gasteiger partial charge is 0.269 e. The summed E-state index contributed by atoms with van der Waals surface area (Å²) in [6.45, 7) is 1.84. The predicted molar refractivity (Wildman–Crippen MR) is 143 cm³/mol. The molecule has 0 bridgehead atoms. The number of likely N-dealkylation sites (tertiary alicyclic amines) is 1. The van der Waals surface area contributed by atoms with Gasteiger partial charge in [-0.2, -0.15) is 0 Å². The van der Waals surface area contributed by atoms with Gasteiger partial charge in [-0.1, -0.05) is 23.4 Å². The summed E-state index contributed by atoms with van der Waals surface area (Å²) < 4.78 is 10.6. The van der Waals surface area contributed by atoms with E-state index in [1.807, 2.05) is 42.7 Å². The summed E-state index contributed by atoms with van der Waals surface area (Å²) >= 11 is 7.34. The van der Waals surface area contributed by atoms with Crippen molar-refractivity contribution in [1.82, 2.24) is 10.2 Å². The molecule has 0 aromatic heterocycles. The largest absolute Gasteiger partial charge is 0.493 e. The molecule has 1 fully saturated rings. The molecule has 2 aliphatic rings. The number of carbonyl (C=O) groups excluding carboxylic acids is 1. The molecule has 2 aliphatic heterocycles. The molecule has 10 heteroatoms. The molecule has 0 aliphatic carbocycles. The van der Waals surface area contributed by atoms with Crippen LogP contribution >= 0.6 is 24.0 Å². The van der Waals surface area contributed by atoms with Crippen LogP contribution in [0.15, 0.2) is 52.5 Å². The van der Waals surface area contributed by atoms with Crippen molar-refractivity contribution < 1.29 is 19.1 Å². The molecular weight excluding hydrogens is 484 g/mol. The molecule has 186 valence electrons. The quantitative estimate of drug-likeness (QED) is 0.423. The molecule has 2 aromatic carbocycles. The standard InChI is InChI=1S/C25H30N4O4S2/c1-31-20-9-8-17(14-21(20)32-2)16-26-23(30)19-15-25(33-28-19)10-12-29(13-11-25)24(34)27-18-6-4-5-7-22(18)35-3/h4-9,14H,10-13,15-16H2,1-3H3,(H,26,30)(H,27,34). The Bertz CT molecular complexity index is 1120. The average molecular weight is 515 g/mol. The number of nitrogens with zero attached hydrogens (tertiary/aromatic N) is 2. The van der Waals surface area contributed by atoms with Crippen LogP contribution in [-0.4, -0.2) is 60.8 Å². The third-order valence-corrected chi connectivity index (χ3v) is 7.47. The molecule has 1 amide bonds. The van der Waals surface area contributed by atoms with Crippen molar-refractivity contribution in [3.8, 4) is 11.5 Å². The van der Waals surface area contributed by atoms with Gasteiger partial charge in [0.05, 0.1) is 19.9 Å². The van der Waals surface area contributed by atoms with Crippen LogP contribution in [0.1, 0.15) is 24.8 Å². The Morgan fingerprint density at radius 2 is 1.91 bits per heavy atom. The first kappa shape index (κ1) is 25.1. The normalized spacial score (nSPS) is 16.3. The summed E-state index contributed by atoms with van der Waals surface area (Å²) in [6.07, 6.45) is 4.03. The number of anilines is 1. The number of hydrogen-bond donors (Lipinski definition) is 2. The minimum atomic E-state index is -0.445. The number of hydrogen-bond acceptors (Lipinski definition) is 7. The Morgan fingerprint density at radius 1 is 1.17 bits per heavy atom. The number of rotatable bonds is 7. The van der Waals surface area contributed by atoms with Gasteiger partial charge in [-0.3, -0.25) is 4.79 Å². The van der Waals surface area contributed by atoms with Crippen LogP contribution in [0.3, 0.4) is 0 Å². The van der Waals surface area contributed by atoms with Crippen LogP contribution in [-0.2, 0) is 16.2 Å². The van der Waals surface area contributed by atoms with E-state index in [1.165, 1.54) is 0 Å². The van der Waals surface area contributed by atoms with E-state index in [9.17, 15) is 4.79 Å². The summed E-state index contributed by atoms with van der Waals surface area (Å²) in [4.78, 5) is 21.9. The second-order valence-corrected chi connectivity index (χ2v) is 9.71. The van der Waals surface area contributed by atoms with E-state index >= 15 is 0 Å². The van der Waals surface area contributed by atoms with Crippen LogP contribution in [0.5, 0.6) is 11.5 Å². The third-order valence-electron chi connectivity index (χ3n) is 6.31. The summed E-state index contributed by atoms with van der Waals surface area (Å²) in [7, 11) is 3.17. The maximum Gasteiger partial charge on any atom is 0.269 e. The average Bonchev–Trinajstić information content (AvgIpc) is 3.31. The third kappa shape index (κ3) is 5.82. The fourth-order valence-corrected chi connectivity index (χ4v) is 5.09. The highest BCUT2D eigenvalue weighted by Gasteiger charge is 2.44. The lowest BCUT2D eigenvalue weighted by Crippen LogP contribution is -2.48. The molecule has 0 unspecified atom stereocenters. The first-order valence-corrected chi connectivity index (χ1v) is 13.0. The predicted octanol–water partition coefficient (Wildman–Crippen LogP) is 4.05. The number of benzene rings is 2. The van der Waals surface area contributed by atoms with Gasteiger partial charge in [-0.25, -0.2) is 0 Å². The number of thiocarbonyl (C=S) groups is 1. The number of para-hydroxylation sites is 1. The molecule has 4 rings (SSSR count). The van der Waals surface area contributed by atoms with Crippen molar-refractivity contribution in [2.75, 3.05) is 38.9 Å². The number of amides is 1. The molecule has 0 saturated carbocycles. The van der Waals surface area contributed by atoms with Crippen LogP contribution in [0.2, 0.25) is 0 Å². The Kier molecular flexibility index (Phi) is 8.02. The molecule has 2 heterocycles. The van der Waals surface area contributed by atoms with Crippen molar-refractivity contribution in [3.63, 3.8) is 0 Å². The van der Waals surface area contributed by atoms with Gasteiger partial charge in [0.25, 0.3) is 5.91 Å². The van der Waals surface area contributed by atoms with Crippen LogP contribution in [0.4, 0.5) is 5.69 Å². The van der Waals surface area contributed by atoms with Gasteiger partial charge < -0.3 is 29.8 Å². The van der Waals surface area contributed by atoms with E-state index in [2.05, 4.69) is 26.8 Å². The molecule has 2 aromatic rings. The zero-order valence-corrected chi connectivity index (χ0v) is 21.8. The Balaban J connectivity index is 1.27. The van der Waals surface area contributed by atoms with Crippen LogP contribution in [0.25, 0.3) is 0 Å². The highest BCUT2D eigenvalue weighted by Crippen LogP contribution is 2.35. The van der Waals surface area contributed by atoms with Crippen molar-refractivity contribution in [3.05, 3.63) is 48.0 Å². The minimum Gasteiger partial charge on any atom is -0.493 e. The lowest BCUT2D eigenvalue weighted by molar-refractivity contribution is -0.115. The highest BCUT2D eigenvalue weighted by molar-refractivity contribution is 7.98. The van der Waals surface area contributed by atoms with E-state index in [4.69, 9.17) is 26.5 Å². The molecule has 1 spiro atoms. The summed E-state index contributed by atoms with van der Waals surface area (Å²) in [6, 6.07) is 13.7. The molecule has 1 saturated heterocycles. The summed E-state index contributed by atoms with van der Waals surface area (Å²) in [5.74, 6) is 1.05. The van der Waals surface area contributed by atoms with E-state index in [1.54, 1.807) is 26.0 Å². The first-order valence-electron chi connectivity index (χ1n) is 11.4. The maximum absolute atomic E-state index is 12.7. The fourth-order valence-electron chi connectivity index (χ4n) is 4.25. The SMILES string of the molecule is COc1ccc(CNC(=O)C2=NOC3(CCN(C(=S)Nc4ccccc4SC)CC3)C2)cc1OC. The van der Waals surface area contributed by atoms with Crippen molar-refractivity contribution in [1.29, 1.82) is 0 Å². The zero-order chi connectivity index (χ0) is 24.8. The highest BCUT2D eigenvalue weighted by atomic mass is 32.2. The zero-order valence-electron chi connectivity index (χ0n) is 20.1. The first-order chi connectivity index (χ1) is 17.0. The second kappa shape index (κ2) is 11.2. The molecule has 2 N–H and O–H groups in total. The van der Waals surface area contributed by atoms with Gasteiger partial charge in [0.1, 0.15) is 11.3 Å². The molecule has 0 radical (unpaired) electrons. The summed E-state index contributed by atoms with van der Waals surface area (Å²) in [5.41, 5.74) is 1.90. The van der Waals surface area contributed by atoms with Gasteiger partial charge in [0.15, 0.2) is 16.6 Å². The minimum absolute atomic E-state index is 0.218. The van der Waals surface area contributed by atoms with Crippen molar-refractivity contribution in [2.45, 2.75) is 36.3 Å². The second-order valence-electron chi connectivity index (χ2n) is 8.48. The molecule has 8 nitrogen and oxygen atoms in total. The number of methoxy groups -OCH3 is 2. The monoisotopic (exact) mass is 514 g/mol. The molecular formula is C25H30N4O4S2. The number of thioether (sulfide) groups is 1. The van der Waals surface area contributed by atoms with Gasteiger partial charge >= 0.3 is 0 Å². The maximum atomic E-state index is 12.7. The molecule has 35 heavy (non-hydrogen) atoms. The Morgan fingerprint density at radius 3 is 2.63 bits per heavy atom.